The number of carboxylic acid groups (broad SMARTS) is 1. The number of nitrogens with zero attached hydrogens (tertiary/aromatic N) is 2. The van der Waals surface area contributed by atoms with Gasteiger partial charge in [0.2, 0.25) is 0 Å². The Bertz CT molecular complexity index is 1190. The predicted octanol–water partition coefficient (Wildman–Crippen LogP) is 5.67. The Kier molecular flexibility index (Phi) is 8.65. The summed E-state index contributed by atoms with van der Waals surface area (Å²) < 4.78 is 5.30. The van der Waals surface area contributed by atoms with Crippen molar-refractivity contribution in [2.45, 2.75) is 24.2 Å². The highest BCUT2D eigenvalue weighted by Crippen LogP contribution is 2.32. The van der Waals surface area contributed by atoms with Crippen LogP contribution in [0.15, 0.2) is 59.6 Å². The van der Waals surface area contributed by atoms with Crippen LogP contribution in [0.3, 0.4) is 0 Å². The van der Waals surface area contributed by atoms with Crippen LogP contribution in [0.4, 0.5) is 0 Å². The van der Waals surface area contributed by atoms with E-state index < -0.39 is 11.9 Å². The van der Waals surface area contributed by atoms with Crippen LogP contribution in [0.25, 0.3) is 10.9 Å². The van der Waals surface area contributed by atoms with Gasteiger partial charge in [-0.15, -0.1) is 11.8 Å². The molecule has 1 aromatic heterocycles. The molecule has 0 aliphatic carbocycles. The van der Waals surface area contributed by atoms with Crippen LogP contribution >= 0.6 is 23.4 Å². The maximum Gasteiger partial charge on any atom is 0.308 e. The standard InChI is InChI=1S/C27H29ClN2O4S/c1-34-19-8-9-24-21(15-19)26(23(28)16-29-24)25(31)10-7-18-11-12-30(17-22(18)27(32)33)13-14-35-20-5-3-2-4-6-20/h2-6,8-9,15-16,18,22H,7,10-14,17H2,1H3,(H,32,33)/t18-,22+/m0/s1. The van der Waals surface area contributed by atoms with E-state index in [2.05, 4.69) is 22.0 Å². The number of ketones is 1. The lowest BCUT2D eigenvalue weighted by Gasteiger charge is -2.36. The molecule has 4 rings (SSSR count). The zero-order valence-electron chi connectivity index (χ0n) is 19.7. The fourth-order valence-corrected chi connectivity index (χ4v) is 5.90. The van der Waals surface area contributed by atoms with E-state index in [9.17, 15) is 14.7 Å². The number of carbonyl (C=O) groups excluding carboxylic acids is 1. The number of likely N-dealkylation sites (tertiary alicyclic amines) is 1. The molecule has 0 amide bonds. The fraction of sp³-hybridized carbons (Fsp3) is 0.370. The molecule has 0 bridgehead atoms. The summed E-state index contributed by atoms with van der Waals surface area (Å²) in [7, 11) is 1.57. The number of benzene rings is 2. The SMILES string of the molecule is COc1ccc2ncc(Cl)c(C(=O)CC[C@H]3CCN(CCSc4ccccc4)C[C@H]3C(=O)O)c2c1. The van der Waals surface area contributed by atoms with E-state index >= 15 is 0 Å². The number of hydrogen-bond acceptors (Lipinski definition) is 6. The van der Waals surface area contributed by atoms with Crippen LogP contribution in [0.5, 0.6) is 5.75 Å². The molecule has 1 saturated heterocycles. The number of piperidine rings is 1. The predicted molar refractivity (Wildman–Crippen MR) is 140 cm³/mol. The van der Waals surface area contributed by atoms with Gasteiger partial charge in [-0.25, -0.2) is 0 Å². The second kappa shape index (κ2) is 11.9. The quantitative estimate of drug-likeness (QED) is 0.276. The zero-order valence-corrected chi connectivity index (χ0v) is 21.2. The molecule has 6 nitrogen and oxygen atoms in total. The van der Waals surface area contributed by atoms with Crippen molar-refractivity contribution >= 4 is 46.0 Å². The molecule has 0 unspecified atom stereocenters. The molecular weight excluding hydrogens is 484 g/mol. The van der Waals surface area contributed by atoms with Crippen LogP contribution in [0, 0.1) is 11.8 Å². The number of rotatable bonds is 10. The number of carboxylic acids is 1. The van der Waals surface area contributed by atoms with Crippen molar-refractivity contribution < 1.29 is 19.4 Å². The van der Waals surface area contributed by atoms with Gasteiger partial charge in [-0.2, -0.15) is 0 Å². The average Bonchev–Trinajstić information content (AvgIpc) is 2.87. The average molecular weight is 513 g/mol. The highest BCUT2D eigenvalue weighted by molar-refractivity contribution is 7.99. The Morgan fingerprint density at radius 2 is 2.03 bits per heavy atom. The molecule has 1 aliphatic heterocycles. The largest absolute Gasteiger partial charge is 0.497 e. The van der Waals surface area contributed by atoms with Gasteiger partial charge in [-0.05, 0) is 55.6 Å². The molecule has 2 aromatic carbocycles. The lowest BCUT2D eigenvalue weighted by molar-refractivity contribution is -0.146. The van der Waals surface area contributed by atoms with Crippen LogP contribution < -0.4 is 4.74 Å². The number of ether oxygens (including phenoxy) is 1. The van der Waals surface area contributed by atoms with Crippen molar-refractivity contribution in [3.05, 3.63) is 65.3 Å². The smallest absolute Gasteiger partial charge is 0.308 e. The van der Waals surface area contributed by atoms with Crippen molar-refractivity contribution in [1.82, 2.24) is 9.88 Å². The maximum atomic E-state index is 13.2. The number of aliphatic carboxylic acids is 1. The second-order valence-corrected chi connectivity index (χ2v) is 10.4. The lowest BCUT2D eigenvalue weighted by Crippen LogP contribution is -2.44. The molecule has 0 spiro atoms. The summed E-state index contributed by atoms with van der Waals surface area (Å²) in [5.74, 6) is 0.121. The van der Waals surface area contributed by atoms with Gasteiger partial charge in [-0.1, -0.05) is 29.8 Å². The Balaban J connectivity index is 1.37. The Morgan fingerprint density at radius 1 is 1.23 bits per heavy atom. The minimum atomic E-state index is -0.792. The van der Waals surface area contributed by atoms with Crippen molar-refractivity contribution in [2.24, 2.45) is 11.8 Å². The van der Waals surface area contributed by atoms with Crippen LogP contribution in [-0.4, -0.2) is 59.2 Å². The molecule has 2 atom stereocenters. The number of thioether (sulfide) groups is 1. The van der Waals surface area contributed by atoms with E-state index in [1.54, 1.807) is 37.1 Å². The third kappa shape index (κ3) is 6.34. The van der Waals surface area contributed by atoms with Gasteiger partial charge in [0.15, 0.2) is 5.78 Å². The summed E-state index contributed by atoms with van der Waals surface area (Å²) in [6.45, 7) is 2.20. The summed E-state index contributed by atoms with van der Waals surface area (Å²) in [4.78, 5) is 33.0. The first-order chi connectivity index (χ1) is 17.0. The number of aromatic nitrogens is 1. The highest BCUT2D eigenvalue weighted by Gasteiger charge is 2.34. The van der Waals surface area contributed by atoms with E-state index in [0.717, 1.165) is 25.3 Å². The van der Waals surface area contributed by atoms with E-state index in [1.165, 1.54) is 11.1 Å². The normalized spacial score (nSPS) is 18.5. The van der Waals surface area contributed by atoms with Crippen molar-refractivity contribution in [2.75, 3.05) is 32.5 Å². The highest BCUT2D eigenvalue weighted by atomic mass is 35.5. The Morgan fingerprint density at radius 3 is 2.77 bits per heavy atom. The summed E-state index contributed by atoms with van der Waals surface area (Å²) >= 11 is 8.16. The third-order valence-corrected chi connectivity index (χ3v) is 7.91. The lowest BCUT2D eigenvalue weighted by atomic mass is 9.81. The van der Waals surface area contributed by atoms with Gasteiger partial charge >= 0.3 is 5.97 Å². The van der Waals surface area contributed by atoms with E-state index in [1.807, 2.05) is 18.2 Å². The first kappa shape index (κ1) is 25.5. The summed E-state index contributed by atoms with van der Waals surface area (Å²) in [6, 6.07) is 15.6. The molecule has 35 heavy (non-hydrogen) atoms. The van der Waals surface area contributed by atoms with Crippen molar-refractivity contribution in [1.29, 1.82) is 0 Å². The minimum Gasteiger partial charge on any atom is -0.497 e. The third-order valence-electron chi connectivity index (χ3n) is 6.63. The van der Waals surface area contributed by atoms with Gasteiger partial charge in [0.1, 0.15) is 5.75 Å². The summed E-state index contributed by atoms with van der Waals surface area (Å²) in [6.07, 6.45) is 3.02. The van der Waals surface area contributed by atoms with E-state index in [4.69, 9.17) is 16.3 Å². The number of pyridine rings is 1. The molecule has 0 radical (unpaired) electrons. The molecule has 2 heterocycles. The molecule has 8 heteroatoms. The monoisotopic (exact) mass is 512 g/mol. The molecule has 1 fully saturated rings. The first-order valence-corrected chi connectivity index (χ1v) is 13.1. The minimum absolute atomic E-state index is 0.0455. The summed E-state index contributed by atoms with van der Waals surface area (Å²) in [5.41, 5.74) is 1.10. The Hall–Kier alpha value is -2.61. The number of fused-ring (bicyclic) bond motifs is 1. The maximum absolute atomic E-state index is 13.2. The molecule has 184 valence electrons. The summed E-state index contributed by atoms with van der Waals surface area (Å²) in [5, 5.41) is 10.9. The van der Waals surface area contributed by atoms with Gasteiger partial charge in [-0.3, -0.25) is 14.6 Å². The Labute approximate surface area is 214 Å². The van der Waals surface area contributed by atoms with Crippen LogP contribution in [-0.2, 0) is 4.79 Å². The van der Waals surface area contributed by atoms with Gasteiger partial charge < -0.3 is 14.7 Å². The molecule has 1 aliphatic rings. The van der Waals surface area contributed by atoms with Gasteiger partial charge in [0, 0.05) is 47.3 Å². The van der Waals surface area contributed by atoms with Crippen LogP contribution in [0.2, 0.25) is 5.02 Å². The zero-order chi connectivity index (χ0) is 24.8. The van der Waals surface area contributed by atoms with Crippen LogP contribution in [0.1, 0.15) is 29.6 Å². The topological polar surface area (TPSA) is 79.7 Å². The molecule has 3 aromatic rings. The number of hydrogen-bond donors (Lipinski definition) is 1. The fourth-order valence-electron chi connectivity index (χ4n) is 4.71. The van der Waals surface area contributed by atoms with Crippen molar-refractivity contribution in [3.8, 4) is 5.75 Å². The number of halogens is 1. The van der Waals surface area contributed by atoms with Gasteiger partial charge in [0.05, 0.1) is 23.6 Å². The first-order valence-electron chi connectivity index (χ1n) is 11.7. The van der Waals surface area contributed by atoms with E-state index in [0.29, 0.717) is 40.2 Å². The molecule has 1 N–H and O–H groups in total. The molecule has 0 saturated carbocycles. The molecular formula is C27H29ClN2O4S. The number of carbonyl (C=O) groups is 2. The van der Waals surface area contributed by atoms with Crippen molar-refractivity contribution in [3.63, 3.8) is 0 Å². The number of methoxy groups -OCH3 is 1. The second-order valence-electron chi connectivity index (χ2n) is 8.78. The van der Waals surface area contributed by atoms with Gasteiger partial charge in [0.25, 0.3) is 0 Å². The van der Waals surface area contributed by atoms with E-state index in [-0.39, 0.29) is 18.1 Å². The number of Topliss-reactive ketones (excluding diaryl/α,β-unsaturated/α-hetero) is 1.